The summed E-state index contributed by atoms with van der Waals surface area (Å²) in [5.41, 5.74) is 5.43. The Kier molecular flexibility index (Phi) is 5.79. The predicted molar refractivity (Wildman–Crippen MR) is 89.5 cm³/mol. The summed E-state index contributed by atoms with van der Waals surface area (Å²) in [5, 5.41) is 10.9. The number of nitro groups is 1. The minimum absolute atomic E-state index is 0.0556. The molecule has 0 bridgehead atoms. The highest BCUT2D eigenvalue weighted by Crippen LogP contribution is 2.29. The molecule has 0 aromatic heterocycles. The largest absolute Gasteiger partial charge is 0.495 e. The van der Waals surface area contributed by atoms with E-state index in [0.717, 1.165) is 44.6 Å². The van der Waals surface area contributed by atoms with Gasteiger partial charge >= 0.3 is 0 Å². The van der Waals surface area contributed by atoms with Crippen LogP contribution in [0, 0.1) is 10.1 Å². The maximum absolute atomic E-state index is 12.6. The van der Waals surface area contributed by atoms with Gasteiger partial charge in [-0.15, -0.1) is 0 Å². The molecule has 3 N–H and O–H groups in total. The summed E-state index contributed by atoms with van der Waals surface area (Å²) in [6.07, 6.45) is 5.65. The van der Waals surface area contributed by atoms with E-state index in [9.17, 15) is 18.5 Å². The lowest BCUT2D eigenvalue weighted by atomic mass is 9.92. The van der Waals surface area contributed by atoms with Gasteiger partial charge in [0, 0.05) is 24.2 Å². The smallest absolute Gasteiger partial charge is 0.271 e. The number of nitrogens with two attached hydrogens (primary N) is 1. The quantitative estimate of drug-likeness (QED) is 0.455. The molecule has 0 radical (unpaired) electrons. The van der Waals surface area contributed by atoms with Crippen molar-refractivity contribution in [3.63, 3.8) is 0 Å². The number of hydrogen-bond acceptors (Lipinski definition) is 6. The molecular formula is C15H23N3O5S. The Balaban J connectivity index is 2.23. The van der Waals surface area contributed by atoms with Crippen LogP contribution < -0.4 is 15.2 Å². The fourth-order valence-electron chi connectivity index (χ4n) is 2.91. The predicted octanol–water partition coefficient (Wildman–Crippen LogP) is 1.93. The second-order valence-corrected chi connectivity index (χ2v) is 7.93. The van der Waals surface area contributed by atoms with Crippen LogP contribution in [0.15, 0.2) is 23.1 Å². The molecule has 8 nitrogen and oxygen atoms in total. The summed E-state index contributed by atoms with van der Waals surface area (Å²) in [6, 6.07) is 3.47. The molecule has 134 valence electrons. The molecule has 2 rings (SSSR count). The first kappa shape index (κ1) is 18.6. The maximum atomic E-state index is 12.6. The number of methoxy groups -OCH3 is 1. The second kappa shape index (κ2) is 7.45. The van der Waals surface area contributed by atoms with E-state index in [1.807, 2.05) is 0 Å². The number of nitro benzene ring substituents is 1. The van der Waals surface area contributed by atoms with Gasteiger partial charge < -0.3 is 10.5 Å². The van der Waals surface area contributed by atoms with E-state index in [0.29, 0.717) is 0 Å². The Morgan fingerprint density at radius 1 is 1.29 bits per heavy atom. The standard InChI is InChI=1S/C15H23N3O5S/c1-23-13-7-6-12(18(19)20)10-14(13)24(21,22)17-11-15(16)8-4-2-3-5-9-15/h6-7,10,17H,2-5,8-9,11,16H2,1H3. The monoisotopic (exact) mass is 357 g/mol. The third-order valence-corrected chi connectivity index (χ3v) is 5.78. The van der Waals surface area contributed by atoms with Crippen LogP contribution in [0.4, 0.5) is 5.69 Å². The van der Waals surface area contributed by atoms with Crippen molar-refractivity contribution in [2.45, 2.75) is 49.0 Å². The van der Waals surface area contributed by atoms with Gasteiger partial charge in [0.2, 0.25) is 10.0 Å². The third kappa shape index (κ3) is 4.43. The maximum Gasteiger partial charge on any atom is 0.271 e. The van der Waals surface area contributed by atoms with Crippen molar-refractivity contribution in [3.05, 3.63) is 28.3 Å². The molecule has 1 fully saturated rings. The molecule has 1 saturated carbocycles. The minimum atomic E-state index is -3.97. The van der Waals surface area contributed by atoms with Gasteiger partial charge in [0.25, 0.3) is 5.69 Å². The van der Waals surface area contributed by atoms with E-state index in [-0.39, 0.29) is 22.9 Å². The molecule has 0 aliphatic heterocycles. The fraction of sp³-hybridized carbons (Fsp3) is 0.600. The van der Waals surface area contributed by atoms with Crippen LogP contribution in [0.2, 0.25) is 0 Å². The Morgan fingerprint density at radius 3 is 2.46 bits per heavy atom. The van der Waals surface area contributed by atoms with Crippen LogP contribution in [-0.4, -0.2) is 32.5 Å². The number of benzene rings is 1. The van der Waals surface area contributed by atoms with E-state index < -0.39 is 20.5 Å². The molecule has 24 heavy (non-hydrogen) atoms. The number of nitrogens with zero attached hydrogens (tertiary/aromatic N) is 1. The van der Waals surface area contributed by atoms with Crippen molar-refractivity contribution in [2.75, 3.05) is 13.7 Å². The second-order valence-electron chi connectivity index (χ2n) is 6.19. The van der Waals surface area contributed by atoms with Gasteiger partial charge in [-0.25, -0.2) is 13.1 Å². The topological polar surface area (TPSA) is 125 Å². The molecule has 0 amide bonds. The zero-order valence-corrected chi connectivity index (χ0v) is 14.5. The van der Waals surface area contributed by atoms with Crippen molar-refractivity contribution in [1.82, 2.24) is 4.72 Å². The Labute approximate surface area is 141 Å². The van der Waals surface area contributed by atoms with E-state index in [4.69, 9.17) is 10.5 Å². The Hall–Kier alpha value is -1.71. The average Bonchev–Trinajstić information content (AvgIpc) is 2.77. The first-order valence-corrected chi connectivity index (χ1v) is 9.37. The van der Waals surface area contributed by atoms with E-state index >= 15 is 0 Å². The highest BCUT2D eigenvalue weighted by atomic mass is 32.2. The van der Waals surface area contributed by atoms with Gasteiger partial charge in [-0.1, -0.05) is 25.7 Å². The molecule has 0 atom stereocenters. The molecule has 0 spiro atoms. The Morgan fingerprint density at radius 2 is 1.92 bits per heavy atom. The molecule has 1 aliphatic carbocycles. The van der Waals surface area contributed by atoms with Crippen LogP contribution in [-0.2, 0) is 10.0 Å². The molecule has 1 aliphatic rings. The van der Waals surface area contributed by atoms with E-state index in [1.165, 1.54) is 19.2 Å². The van der Waals surface area contributed by atoms with Gasteiger partial charge in [0.1, 0.15) is 10.6 Å². The molecule has 1 aromatic rings. The number of sulfonamides is 1. The minimum Gasteiger partial charge on any atom is -0.495 e. The molecule has 0 saturated heterocycles. The highest BCUT2D eigenvalue weighted by Gasteiger charge is 2.30. The van der Waals surface area contributed by atoms with Gasteiger partial charge in [-0.2, -0.15) is 0 Å². The fourth-order valence-corrected chi connectivity index (χ4v) is 4.24. The highest BCUT2D eigenvalue weighted by molar-refractivity contribution is 7.89. The lowest BCUT2D eigenvalue weighted by molar-refractivity contribution is -0.385. The normalized spacial score (nSPS) is 17.9. The summed E-state index contributed by atoms with van der Waals surface area (Å²) >= 11 is 0. The lowest BCUT2D eigenvalue weighted by Gasteiger charge is -2.28. The number of rotatable bonds is 6. The summed E-state index contributed by atoms with van der Waals surface area (Å²) in [6.45, 7) is 0.0984. The lowest BCUT2D eigenvalue weighted by Crippen LogP contribution is -2.49. The summed E-state index contributed by atoms with van der Waals surface area (Å²) < 4.78 is 32.7. The first-order valence-electron chi connectivity index (χ1n) is 7.88. The molecule has 1 aromatic carbocycles. The van der Waals surface area contributed by atoms with Crippen LogP contribution in [0.3, 0.4) is 0 Å². The van der Waals surface area contributed by atoms with Crippen molar-refractivity contribution in [3.8, 4) is 5.75 Å². The number of non-ortho nitro benzene ring substituents is 1. The van der Waals surface area contributed by atoms with Crippen molar-refractivity contribution in [1.29, 1.82) is 0 Å². The summed E-state index contributed by atoms with van der Waals surface area (Å²) in [7, 11) is -2.65. The van der Waals surface area contributed by atoms with E-state index in [1.54, 1.807) is 0 Å². The third-order valence-electron chi connectivity index (χ3n) is 4.36. The van der Waals surface area contributed by atoms with E-state index in [2.05, 4.69) is 4.72 Å². The van der Waals surface area contributed by atoms with Gasteiger partial charge in [-0.3, -0.25) is 10.1 Å². The molecule has 0 unspecified atom stereocenters. The van der Waals surface area contributed by atoms with Gasteiger partial charge in [0.05, 0.1) is 12.0 Å². The van der Waals surface area contributed by atoms with Crippen molar-refractivity contribution >= 4 is 15.7 Å². The van der Waals surface area contributed by atoms with Gasteiger partial charge in [0.15, 0.2) is 0 Å². The van der Waals surface area contributed by atoms with Gasteiger partial charge in [-0.05, 0) is 18.9 Å². The zero-order chi connectivity index (χ0) is 17.8. The summed E-state index contributed by atoms with van der Waals surface area (Å²) in [4.78, 5) is 10.0. The SMILES string of the molecule is COc1ccc([N+](=O)[O-])cc1S(=O)(=O)NCC1(N)CCCCCC1. The number of ether oxygens (including phenoxy) is 1. The van der Waals surface area contributed by atoms with Crippen LogP contribution in [0.5, 0.6) is 5.75 Å². The average molecular weight is 357 g/mol. The van der Waals surface area contributed by atoms with Crippen molar-refractivity contribution in [2.24, 2.45) is 5.73 Å². The van der Waals surface area contributed by atoms with Crippen LogP contribution in [0.25, 0.3) is 0 Å². The molecule has 0 heterocycles. The Bertz CT molecular complexity index is 697. The molecule has 9 heteroatoms. The first-order chi connectivity index (χ1) is 11.3. The van der Waals surface area contributed by atoms with Crippen molar-refractivity contribution < 1.29 is 18.1 Å². The van der Waals surface area contributed by atoms with Crippen LogP contribution >= 0.6 is 0 Å². The summed E-state index contributed by atoms with van der Waals surface area (Å²) in [5.74, 6) is 0.0556. The van der Waals surface area contributed by atoms with Crippen LogP contribution in [0.1, 0.15) is 38.5 Å². The zero-order valence-electron chi connectivity index (χ0n) is 13.7. The number of nitrogens with one attached hydrogen (secondary N) is 1. The molecular weight excluding hydrogens is 334 g/mol. The number of hydrogen-bond donors (Lipinski definition) is 2.